The third kappa shape index (κ3) is 3.62. The molecule has 1 aliphatic heterocycles. The highest BCUT2D eigenvalue weighted by atomic mass is 32.1. The summed E-state index contributed by atoms with van der Waals surface area (Å²) >= 11 is 1.81. The van der Waals surface area contributed by atoms with E-state index < -0.39 is 0 Å². The minimum absolute atomic E-state index is 0.564. The minimum atomic E-state index is 0.564. The average Bonchev–Trinajstić information content (AvgIpc) is 2.92. The average molecular weight is 317 g/mol. The minimum Gasteiger partial charge on any atom is -0.356 e. The van der Waals surface area contributed by atoms with Crippen LogP contribution >= 0.6 is 11.3 Å². The Hall–Kier alpha value is -1.53. The summed E-state index contributed by atoms with van der Waals surface area (Å²) in [5, 5.41) is 1.16. The highest BCUT2D eigenvalue weighted by molar-refractivity contribution is 7.11. The summed E-state index contributed by atoms with van der Waals surface area (Å²) in [6, 6.07) is 2.63. The summed E-state index contributed by atoms with van der Waals surface area (Å²) in [7, 11) is 2.15. The number of hydrogen-bond donors (Lipinski definition) is 0. The molecule has 3 heterocycles. The van der Waals surface area contributed by atoms with Gasteiger partial charge in [0, 0.05) is 55.6 Å². The fourth-order valence-corrected chi connectivity index (χ4v) is 3.82. The molecule has 3 rings (SSSR count). The first-order valence-corrected chi connectivity index (χ1v) is 8.58. The van der Waals surface area contributed by atoms with Gasteiger partial charge in [-0.25, -0.2) is 15.0 Å². The van der Waals surface area contributed by atoms with Gasteiger partial charge < -0.3 is 4.90 Å². The number of aryl methyl sites for hydroxylation is 2. The lowest BCUT2D eigenvalue weighted by molar-refractivity contribution is 0.204. The Morgan fingerprint density at radius 1 is 1.23 bits per heavy atom. The van der Waals surface area contributed by atoms with Crippen molar-refractivity contribution in [1.29, 1.82) is 0 Å². The van der Waals surface area contributed by atoms with Gasteiger partial charge in [-0.2, -0.15) is 0 Å². The Labute approximate surface area is 136 Å². The molecule has 6 heteroatoms. The third-order valence-corrected chi connectivity index (χ3v) is 5.20. The van der Waals surface area contributed by atoms with Crippen LogP contribution in [0.15, 0.2) is 18.6 Å². The lowest BCUT2D eigenvalue weighted by Gasteiger charge is -2.37. The first kappa shape index (κ1) is 15.4. The molecule has 0 atom stereocenters. The molecule has 0 amide bonds. The van der Waals surface area contributed by atoms with Crippen LogP contribution in [0.4, 0.5) is 5.82 Å². The second-order valence-corrected chi connectivity index (χ2v) is 7.30. The maximum atomic E-state index is 4.40. The van der Waals surface area contributed by atoms with E-state index in [0.717, 1.165) is 36.2 Å². The SMILES string of the molecule is Cc1cc(N(C)C2CCN(Cc3cnc(C)s3)CC2)ncn1. The van der Waals surface area contributed by atoms with Gasteiger partial charge in [-0.15, -0.1) is 11.3 Å². The largest absolute Gasteiger partial charge is 0.356 e. The van der Waals surface area contributed by atoms with Crippen LogP contribution in [0.3, 0.4) is 0 Å². The van der Waals surface area contributed by atoms with Crippen molar-refractivity contribution in [3.05, 3.63) is 34.2 Å². The van der Waals surface area contributed by atoms with Crippen molar-refractivity contribution >= 4 is 17.2 Å². The van der Waals surface area contributed by atoms with Crippen molar-refractivity contribution in [3.63, 3.8) is 0 Å². The smallest absolute Gasteiger partial charge is 0.132 e. The number of nitrogens with zero attached hydrogens (tertiary/aromatic N) is 5. The van der Waals surface area contributed by atoms with Crippen LogP contribution in [-0.4, -0.2) is 46.0 Å². The van der Waals surface area contributed by atoms with E-state index in [9.17, 15) is 0 Å². The van der Waals surface area contributed by atoms with E-state index in [-0.39, 0.29) is 0 Å². The van der Waals surface area contributed by atoms with Crippen molar-refractivity contribution in [2.45, 2.75) is 39.3 Å². The van der Waals surface area contributed by atoms with Crippen LogP contribution in [0.2, 0.25) is 0 Å². The molecule has 0 N–H and O–H groups in total. The molecule has 22 heavy (non-hydrogen) atoms. The molecule has 1 fully saturated rings. The lowest BCUT2D eigenvalue weighted by atomic mass is 10.0. The Morgan fingerprint density at radius 2 is 2.00 bits per heavy atom. The standard InChI is InChI=1S/C16H23N5S/c1-12-8-16(19-11-18-12)20(3)14-4-6-21(7-5-14)10-15-9-17-13(2)22-15/h8-9,11,14H,4-7,10H2,1-3H3. The first-order valence-electron chi connectivity index (χ1n) is 7.77. The number of likely N-dealkylation sites (tertiary alicyclic amines) is 1. The molecule has 2 aromatic rings. The zero-order chi connectivity index (χ0) is 15.5. The Balaban J connectivity index is 1.55. The molecular weight excluding hydrogens is 294 g/mol. The van der Waals surface area contributed by atoms with Crippen LogP contribution in [0.5, 0.6) is 0 Å². The maximum absolute atomic E-state index is 4.40. The molecule has 118 valence electrons. The summed E-state index contributed by atoms with van der Waals surface area (Å²) in [5.41, 5.74) is 1.02. The molecule has 2 aromatic heterocycles. The molecule has 0 unspecified atom stereocenters. The third-order valence-electron chi connectivity index (χ3n) is 4.30. The second-order valence-electron chi connectivity index (χ2n) is 5.98. The predicted octanol–water partition coefficient (Wildman–Crippen LogP) is 2.65. The van der Waals surface area contributed by atoms with Gasteiger partial charge in [0.15, 0.2) is 0 Å². The molecular formula is C16H23N5S. The summed E-state index contributed by atoms with van der Waals surface area (Å²) in [5.74, 6) is 1.03. The molecule has 5 nitrogen and oxygen atoms in total. The highest BCUT2D eigenvalue weighted by Crippen LogP contribution is 2.22. The zero-order valence-corrected chi connectivity index (χ0v) is 14.3. The first-order chi connectivity index (χ1) is 10.6. The molecule has 0 radical (unpaired) electrons. The number of aromatic nitrogens is 3. The van der Waals surface area contributed by atoms with Crippen molar-refractivity contribution in [1.82, 2.24) is 19.9 Å². The topological polar surface area (TPSA) is 45.2 Å². The quantitative estimate of drug-likeness (QED) is 0.867. The predicted molar refractivity (Wildman–Crippen MR) is 90.3 cm³/mol. The van der Waals surface area contributed by atoms with Crippen LogP contribution in [-0.2, 0) is 6.54 Å². The Bertz CT molecular complexity index is 619. The summed E-state index contributed by atoms with van der Waals surface area (Å²) in [6.45, 7) is 7.39. The van der Waals surface area contributed by atoms with E-state index in [2.05, 4.69) is 44.8 Å². The van der Waals surface area contributed by atoms with Gasteiger partial charge in [-0.3, -0.25) is 4.90 Å². The van der Waals surface area contributed by atoms with Crippen molar-refractivity contribution < 1.29 is 0 Å². The van der Waals surface area contributed by atoms with Crippen LogP contribution in [0.25, 0.3) is 0 Å². The van der Waals surface area contributed by atoms with Crippen LogP contribution in [0, 0.1) is 13.8 Å². The van der Waals surface area contributed by atoms with Gasteiger partial charge >= 0.3 is 0 Å². The van der Waals surface area contributed by atoms with Crippen molar-refractivity contribution in [2.75, 3.05) is 25.0 Å². The van der Waals surface area contributed by atoms with Gasteiger partial charge in [-0.1, -0.05) is 0 Å². The zero-order valence-electron chi connectivity index (χ0n) is 13.5. The van der Waals surface area contributed by atoms with E-state index in [0.29, 0.717) is 6.04 Å². The lowest BCUT2D eigenvalue weighted by Crippen LogP contribution is -2.43. The summed E-state index contributed by atoms with van der Waals surface area (Å²) in [6.07, 6.45) is 6.03. The van der Waals surface area contributed by atoms with E-state index in [1.807, 2.05) is 13.1 Å². The fourth-order valence-electron chi connectivity index (χ4n) is 2.98. The van der Waals surface area contributed by atoms with Gasteiger partial charge in [0.2, 0.25) is 0 Å². The number of thiazole rings is 1. The van der Waals surface area contributed by atoms with Crippen LogP contribution < -0.4 is 4.90 Å². The number of hydrogen-bond acceptors (Lipinski definition) is 6. The molecule has 0 bridgehead atoms. The monoisotopic (exact) mass is 317 g/mol. The highest BCUT2D eigenvalue weighted by Gasteiger charge is 2.23. The number of piperidine rings is 1. The molecule has 0 saturated carbocycles. The number of rotatable bonds is 4. The molecule has 1 aliphatic rings. The molecule has 0 spiro atoms. The molecule has 1 saturated heterocycles. The van der Waals surface area contributed by atoms with Gasteiger partial charge in [0.1, 0.15) is 12.1 Å². The van der Waals surface area contributed by atoms with Crippen molar-refractivity contribution in [2.24, 2.45) is 0 Å². The number of anilines is 1. The Morgan fingerprint density at radius 3 is 2.64 bits per heavy atom. The van der Waals surface area contributed by atoms with Crippen LogP contribution in [0.1, 0.15) is 28.4 Å². The van der Waals surface area contributed by atoms with E-state index >= 15 is 0 Å². The van der Waals surface area contributed by atoms with Gasteiger partial charge in [-0.05, 0) is 26.7 Å². The second kappa shape index (κ2) is 6.71. The summed E-state index contributed by atoms with van der Waals surface area (Å²) in [4.78, 5) is 19.1. The van der Waals surface area contributed by atoms with E-state index in [1.165, 1.54) is 17.7 Å². The fraction of sp³-hybridized carbons (Fsp3) is 0.562. The van der Waals surface area contributed by atoms with Gasteiger partial charge in [0.05, 0.1) is 5.01 Å². The molecule has 0 aliphatic carbocycles. The maximum Gasteiger partial charge on any atom is 0.132 e. The normalized spacial score (nSPS) is 16.9. The van der Waals surface area contributed by atoms with Gasteiger partial charge in [0.25, 0.3) is 0 Å². The van der Waals surface area contributed by atoms with E-state index in [4.69, 9.17) is 0 Å². The Kier molecular flexibility index (Phi) is 4.69. The molecule has 0 aromatic carbocycles. The van der Waals surface area contributed by atoms with E-state index in [1.54, 1.807) is 17.7 Å². The van der Waals surface area contributed by atoms with Crippen molar-refractivity contribution in [3.8, 4) is 0 Å². The summed E-state index contributed by atoms with van der Waals surface area (Å²) < 4.78 is 0.